The predicted molar refractivity (Wildman–Crippen MR) is 87.4 cm³/mol. The number of halogens is 1. The summed E-state index contributed by atoms with van der Waals surface area (Å²) in [5.41, 5.74) is 3.41. The summed E-state index contributed by atoms with van der Waals surface area (Å²) < 4.78 is 5.22. The quantitative estimate of drug-likeness (QED) is 0.614. The van der Waals surface area contributed by atoms with E-state index in [1.54, 1.807) is 11.8 Å². The topological polar surface area (TPSA) is 26.3 Å². The molecule has 0 N–H and O–H groups in total. The molecule has 2 nitrogen and oxygen atoms in total. The van der Waals surface area contributed by atoms with E-state index in [1.807, 2.05) is 54.8 Å². The van der Waals surface area contributed by atoms with Crippen molar-refractivity contribution in [2.24, 2.45) is 0 Å². The smallest absolute Gasteiger partial charge is 0.339 e. The Labute approximate surface area is 132 Å². The van der Waals surface area contributed by atoms with E-state index in [0.29, 0.717) is 17.2 Å². The first-order valence-electron chi connectivity index (χ1n) is 6.49. The first kappa shape index (κ1) is 14.2. The van der Waals surface area contributed by atoms with Gasteiger partial charge in [0.05, 0.1) is 5.57 Å². The van der Waals surface area contributed by atoms with Crippen molar-refractivity contribution in [3.63, 3.8) is 0 Å². The van der Waals surface area contributed by atoms with Gasteiger partial charge in [0, 0.05) is 15.5 Å². The van der Waals surface area contributed by atoms with E-state index in [1.165, 1.54) is 4.90 Å². The molecule has 0 aromatic heterocycles. The average Bonchev–Trinajstić information content (AvgIpc) is 2.90. The van der Waals surface area contributed by atoms with Crippen LogP contribution in [0, 0.1) is 0 Å². The fourth-order valence-electron chi connectivity index (χ4n) is 2.33. The molecule has 0 amide bonds. The van der Waals surface area contributed by atoms with Crippen LogP contribution >= 0.6 is 23.4 Å². The van der Waals surface area contributed by atoms with Crippen molar-refractivity contribution < 1.29 is 9.53 Å². The van der Waals surface area contributed by atoms with Crippen LogP contribution in [0.1, 0.15) is 11.1 Å². The molecular formula is C17H13ClO2S. The van der Waals surface area contributed by atoms with Crippen LogP contribution in [0.2, 0.25) is 5.02 Å². The predicted octanol–water partition coefficient (Wildman–Crippen LogP) is 4.53. The second-order valence-corrected chi connectivity index (χ2v) is 5.98. The summed E-state index contributed by atoms with van der Waals surface area (Å²) >= 11 is 7.59. The lowest BCUT2D eigenvalue weighted by molar-refractivity contribution is -0.133. The van der Waals surface area contributed by atoms with E-state index >= 15 is 0 Å². The second-order valence-electron chi connectivity index (χ2n) is 4.67. The molecular weight excluding hydrogens is 304 g/mol. The Bertz CT molecular complexity index is 703. The molecule has 0 unspecified atom stereocenters. The summed E-state index contributed by atoms with van der Waals surface area (Å²) in [7, 11) is 0. The molecule has 0 saturated heterocycles. The maximum Gasteiger partial charge on any atom is 0.339 e. The number of hydrogen-bond acceptors (Lipinski definition) is 3. The molecule has 0 atom stereocenters. The third-order valence-corrected chi connectivity index (χ3v) is 4.42. The SMILES string of the molecule is CSc1ccc(C2=C(c3ccc(Cl)cc3)COC2=O)cc1. The summed E-state index contributed by atoms with van der Waals surface area (Å²) in [5.74, 6) is -0.267. The second kappa shape index (κ2) is 5.96. The minimum absolute atomic E-state index is 0.267. The van der Waals surface area contributed by atoms with Gasteiger partial charge in [-0.3, -0.25) is 0 Å². The van der Waals surface area contributed by atoms with Crippen LogP contribution in [-0.4, -0.2) is 18.8 Å². The summed E-state index contributed by atoms with van der Waals surface area (Å²) in [4.78, 5) is 13.2. The van der Waals surface area contributed by atoms with Crippen molar-refractivity contribution in [3.8, 4) is 0 Å². The fraction of sp³-hybridized carbons (Fsp3) is 0.118. The Morgan fingerprint density at radius 1 is 1.00 bits per heavy atom. The molecule has 4 heteroatoms. The van der Waals surface area contributed by atoms with E-state index in [2.05, 4.69) is 0 Å². The highest BCUT2D eigenvalue weighted by atomic mass is 35.5. The molecule has 0 aliphatic carbocycles. The Morgan fingerprint density at radius 3 is 2.24 bits per heavy atom. The van der Waals surface area contributed by atoms with E-state index < -0.39 is 0 Å². The van der Waals surface area contributed by atoms with Crippen molar-refractivity contribution in [1.82, 2.24) is 0 Å². The zero-order valence-corrected chi connectivity index (χ0v) is 13.0. The van der Waals surface area contributed by atoms with E-state index in [0.717, 1.165) is 16.7 Å². The minimum atomic E-state index is -0.267. The minimum Gasteiger partial charge on any atom is -0.457 e. The van der Waals surface area contributed by atoms with Gasteiger partial charge in [0.2, 0.25) is 0 Å². The largest absolute Gasteiger partial charge is 0.457 e. The number of carbonyl (C=O) groups excluding carboxylic acids is 1. The van der Waals surface area contributed by atoms with Gasteiger partial charge in [-0.1, -0.05) is 35.9 Å². The molecule has 106 valence electrons. The molecule has 0 fully saturated rings. The van der Waals surface area contributed by atoms with Crippen LogP contribution in [0.3, 0.4) is 0 Å². The lowest BCUT2D eigenvalue weighted by Crippen LogP contribution is -1.98. The van der Waals surface area contributed by atoms with Gasteiger partial charge in [0.1, 0.15) is 6.61 Å². The molecule has 1 aliphatic heterocycles. The van der Waals surface area contributed by atoms with Gasteiger partial charge in [-0.05, 0) is 41.6 Å². The number of rotatable bonds is 3. The lowest BCUT2D eigenvalue weighted by atomic mass is 9.97. The van der Waals surface area contributed by atoms with Crippen LogP contribution in [0.15, 0.2) is 53.4 Å². The summed E-state index contributed by atoms with van der Waals surface area (Å²) in [6.07, 6.45) is 2.03. The number of esters is 1. The molecule has 2 aromatic carbocycles. The molecule has 3 rings (SSSR count). The molecule has 1 aliphatic rings. The van der Waals surface area contributed by atoms with Crippen LogP contribution < -0.4 is 0 Å². The maximum atomic E-state index is 12.1. The van der Waals surface area contributed by atoms with E-state index in [-0.39, 0.29) is 5.97 Å². The fourth-order valence-corrected chi connectivity index (χ4v) is 2.87. The monoisotopic (exact) mass is 316 g/mol. The van der Waals surface area contributed by atoms with Gasteiger partial charge in [-0.2, -0.15) is 0 Å². The molecule has 0 radical (unpaired) electrons. The van der Waals surface area contributed by atoms with Gasteiger partial charge < -0.3 is 4.74 Å². The molecule has 0 spiro atoms. The van der Waals surface area contributed by atoms with E-state index in [4.69, 9.17) is 16.3 Å². The van der Waals surface area contributed by atoms with Gasteiger partial charge >= 0.3 is 5.97 Å². The van der Waals surface area contributed by atoms with Crippen molar-refractivity contribution in [1.29, 1.82) is 0 Å². The van der Waals surface area contributed by atoms with Crippen LogP contribution in [0.25, 0.3) is 11.1 Å². The molecule has 1 heterocycles. The van der Waals surface area contributed by atoms with Crippen molar-refractivity contribution in [2.75, 3.05) is 12.9 Å². The standard InChI is InChI=1S/C17H13ClO2S/c1-21-14-8-4-12(5-9-14)16-15(10-20-17(16)19)11-2-6-13(18)7-3-11/h2-9H,10H2,1H3. The van der Waals surface area contributed by atoms with Crippen molar-refractivity contribution in [3.05, 3.63) is 64.7 Å². The van der Waals surface area contributed by atoms with Gasteiger partial charge in [0.15, 0.2) is 0 Å². The highest BCUT2D eigenvalue weighted by Crippen LogP contribution is 2.33. The molecule has 21 heavy (non-hydrogen) atoms. The first-order valence-corrected chi connectivity index (χ1v) is 8.10. The van der Waals surface area contributed by atoms with Crippen molar-refractivity contribution in [2.45, 2.75) is 4.90 Å². The summed E-state index contributed by atoms with van der Waals surface area (Å²) in [6, 6.07) is 15.4. The summed E-state index contributed by atoms with van der Waals surface area (Å²) in [6.45, 7) is 0.306. The normalized spacial score (nSPS) is 14.5. The maximum absolute atomic E-state index is 12.1. The van der Waals surface area contributed by atoms with Crippen LogP contribution in [0.5, 0.6) is 0 Å². The number of carbonyl (C=O) groups is 1. The Morgan fingerprint density at radius 2 is 1.62 bits per heavy atom. The molecule has 0 bridgehead atoms. The number of benzene rings is 2. The van der Waals surface area contributed by atoms with Crippen LogP contribution in [0.4, 0.5) is 0 Å². The molecule has 0 saturated carbocycles. The van der Waals surface area contributed by atoms with Crippen molar-refractivity contribution >= 4 is 40.5 Å². The highest BCUT2D eigenvalue weighted by Gasteiger charge is 2.27. The Kier molecular flexibility index (Phi) is 4.04. The number of hydrogen-bond donors (Lipinski definition) is 0. The van der Waals surface area contributed by atoms with E-state index in [9.17, 15) is 4.79 Å². The van der Waals surface area contributed by atoms with Gasteiger partial charge in [-0.15, -0.1) is 11.8 Å². The first-order chi connectivity index (χ1) is 10.2. The average molecular weight is 317 g/mol. The lowest BCUT2D eigenvalue weighted by Gasteiger charge is -2.05. The van der Waals surface area contributed by atoms with Gasteiger partial charge in [0.25, 0.3) is 0 Å². The zero-order chi connectivity index (χ0) is 14.8. The van der Waals surface area contributed by atoms with Crippen LogP contribution in [-0.2, 0) is 9.53 Å². The molecule has 2 aromatic rings. The number of ether oxygens (including phenoxy) is 1. The van der Waals surface area contributed by atoms with Gasteiger partial charge in [-0.25, -0.2) is 4.79 Å². The zero-order valence-electron chi connectivity index (χ0n) is 11.4. The summed E-state index contributed by atoms with van der Waals surface area (Å²) in [5, 5.41) is 0.676. The number of cyclic esters (lactones) is 1. The third-order valence-electron chi connectivity index (χ3n) is 3.42. The third kappa shape index (κ3) is 2.85. The Balaban J connectivity index is 2.07. The Hall–Kier alpha value is -1.71. The highest BCUT2D eigenvalue weighted by molar-refractivity contribution is 7.98. The number of thioether (sulfide) groups is 1.